The highest BCUT2D eigenvalue weighted by atomic mass is 16.6. The van der Waals surface area contributed by atoms with Crippen molar-refractivity contribution in [1.29, 1.82) is 0 Å². The fourth-order valence-corrected chi connectivity index (χ4v) is 4.22. The highest BCUT2D eigenvalue weighted by Crippen LogP contribution is 2.38. The number of nitrogens with zero attached hydrogens (tertiary/aromatic N) is 1. The van der Waals surface area contributed by atoms with Crippen molar-refractivity contribution < 1.29 is 19.4 Å². The minimum absolute atomic E-state index is 0.100. The molecule has 1 amide bonds. The zero-order chi connectivity index (χ0) is 19.9. The minimum Gasteiger partial charge on any atom is -0.481 e. The number of carboxylic acids is 1. The number of aliphatic carboxylic acids is 1. The first kappa shape index (κ1) is 20.7. The lowest BCUT2D eigenvalue weighted by molar-refractivity contribution is -0.143. The van der Waals surface area contributed by atoms with Gasteiger partial charge in [-0.25, -0.2) is 4.79 Å². The molecule has 0 spiro atoms. The van der Waals surface area contributed by atoms with Gasteiger partial charge in [0.2, 0.25) is 0 Å². The summed E-state index contributed by atoms with van der Waals surface area (Å²) >= 11 is 0. The molecule has 2 atom stereocenters. The Morgan fingerprint density at radius 2 is 1.79 bits per heavy atom. The highest BCUT2D eigenvalue weighted by Gasteiger charge is 2.34. The highest BCUT2D eigenvalue weighted by molar-refractivity contribution is 5.71. The lowest BCUT2D eigenvalue weighted by Gasteiger charge is -2.29. The summed E-state index contributed by atoms with van der Waals surface area (Å²) in [5.74, 6) is -0.858. The predicted octanol–water partition coefficient (Wildman–Crippen LogP) is 5.34. The van der Waals surface area contributed by atoms with E-state index in [1.54, 1.807) is 0 Å². The van der Waals surface area contributed by atoms with Gasteiger partial charge in [0.25, 0.3) is 0 Å². The molecule has 1 aromatic rings. The van der Waals surface area contributed by atoms with Crippen LogP contribution in [0.3, 0.4) is 0 Å². The van der Waals surface area contributed by atoms with Crippen LogP contribution >= 0.6 is 0 Å². The summed E-state index contributed by atoms with van der Waals surface area (Å²) in [7, 11) is 0. The van der Waals surface area contributed by atoms with Crippen molar-refractivity contribution in [1.82, 2.24) is 4.90 Å². The number of amides is 1. The third-order valence-electron chi connectivity index (χ3n) is 6.04. The molecule has 0 heterocycles. The van der Waals surface area contributed by atoms with Crippen LogP contribution in [0.1, 0.15) is 81.8 Å². The second-order valence-corrected chi connectivity index (χ2v) is 8.26. The number of carbonyl (C=O) groups is 2. The van der Waals surface area contributed by atoms with Gasteiger partial charge in [0.15, 0.2) is 0 Å². The second-order valence-electron chi connectivity index (χ2n) is 8.26. The van der Waals surface area contributed by atoms with Crippen molar-refractivity contribution in [2.24, 2.45) is 5.92 Å². The van der Waals surface area contributed by atoms with E-state index in [2.05, 4.69) is 19.1 Å². The molecule has 2 aliphatic carbocycles. The van der Waals surface area contributed by atoms with Crippen molar-refractivity contribution in [3.05, 3.63) is 35.4 Å². The maximum Gasteiger partial charge on any atom is 0.410 e. The summed E-state index contributed by atoms with van der Waals surface area (Å²) in [6, 6.07) is 8.50. The van der Waals surface area contributed by atoms with Crippen LogP contribution < -0.4 is 0 Å². The van der Waals surface area contributed by atoms with Crippen LogP contribution in [0, 0.1) is 5.92 Å². The average molecular weight is 388 g/mol. The molecule has 2 saturated carbocycles. The van der Waals surface area contributed by atoms with Crippen LogP contribution in [0.4, 0.5) is 4.79 Å². The Kier molecular flexibility index (Phi) is 7.35. The molecule has 0 aromatic heterocycles. The molecular weight excluding hydrogens is 354 g/mol. The van der Waals surface area contributed by atoms with Gasteiger partial charge in [0, 0.05) is 12.6 Å². The summed E-state index contributed by atoms with van der Waals surface area (Å²) in [5, 5.41) is 9.52. The molecule has 5 nitrogen and oxygen atoms in total. The topological polar surface area (TPSA) is 66.8 Å². The Labute approximate surface area is 168 Å². The van der Waals surface area contributed by atoms with Gasteiger partial charge in [-0.2, -0.15) is 0 Å². The smallest absolute Gasteiger partial charge is 0.410 e. The lowest BCUT2D eigenvalue weighted by Crippen LogP contribution is -2.33. The Morgan fingerprint density at radius 3 is 2.43 bits per heavy atom. The van der Waals surface area contributed by atoms with Crippen LogP contribution in [0.5, 0.6) is 0 Å². The van der Waals surface area contributed by atoms with Crippen LogP contribution in [0.15, 0.2) is 24.3 Å². The number of unbranched alkanes of at least 4 members (excludes halogenated alkanes) is 2. The summed E-state index contributed by atoms with van der Waals surface area (Å²) in [6.07, 6.45) is 8.79. The van der Waals surface area contributed by atoms with Crippen LogP contribution in [-0.4, -0.2) is 34.7 Å². The molecule has 2 fully saturated rings. The van der Waals surface area contributed by atoms with Gasteiger partial charge in [-0.3, -0.25) is 4.79 Å². The number of rotatable bonds is 9. The third kappa shape index (κ3) is 5.49. The van der Waals surface area contributed by atoms with E-state index in [9.17, 15) is 14.7 Å². The molecule has 0 aliphatic heterocycles. The molecule has 0 saturated heterocycles. The summed E-state index contributed by atoms with van der Waals surface area (Å²) in [4.78, 5) is 25.9. The van der Waals surface area contributed by atoms with E-state index in [1.807, 2.05) is 17.0 Å². The summed E-state index contributed by atoms with van der Waals surface area (Å²) in [5.41, 5.74) is 2.18. The van der Waals surface area contributed by atoms with E-state index in [0.717, 1.165) is 68.9 Å². The summed E-state index contributed by atoms with van der Waals surface area (Å²) in [6.45, 7) is 3.19. The fraction of sp³-hybridized carbons (Fsp3) is 0.652. The van der Waals surface area contributed by atoms with E-state index < -0.39 is 5.97 Å². The molecule has 0 radical (unpaired) electrons. The van der Waals surface area contributed by atoms with E-state index in [-0.39, 0.29) is 17.9 Å². The molecule has 2 aliphatic rings. The second kappa shape index (κ2) is 9.94. The Morgan fingerprint density at radius 1 is 1.07 bits per heavy atom. The minimum atomic E-state index is -0.681. The first-order valence-corrected chi connectivity index (χ1v) is 10.8. The molecule has 1 aromatic carbocycles. The zero-order valence-electron chi connectivity index (χ0n) is 16.9. The normalized spacial score (nSPS) is 21.9. The molecule has 5 heteroatoms. The number of hydrogen-bond acceptors (Lipinski definition) is 3. The number of ether oxygens (including phenoxy) is 1. The molecule has 1 N–H and O–H groups in total. The predicted molar refractivity (Wildman–Crippen MR) is 108 cm³/mol. The maximum atomic E-state index is 12.5. The van der Waals surface area contributed by atoms with Gasteiger partial charge >= 0.3 is 12.1 Å². The van der Waals surface area contributed by atoms with E-state index in [4.69, 9.17) is 4.74 Å². The van der Waals surface area contributed by atoms with E-state index in [0.29, 0.717) is 19.2 Å². The molecule has 154 valence electrons. The van der Waals surface area contributed by atoms with Gasteiger partial charge in [-0.1, -0.05) is 56.9 Å². The fourth-order valence-electron chi connectivity index (χ4n) is 4.22. The van der Waals surface area contributed by atoms with Crippen molar-refractivity contribution in [3.8, 4) is 0 Å². The first-order valence-electron chi connectivity index (χ1n) is 10.8. The molecule has 3 rings (SSSR count). The van der Waals surface area contributed by atoms with Crippen LogP contribution in [0.25, 0.3) is 0 Å². The van der Waals surface area contributed by atoms with Gasteiger partial charge in [-0.05, 0) is 49.1 Å². The van der Waals surface area contributed by atoms with Crippen molar-refractivity contribution in [3.63, 3.8) is 0 Å². The quantitative estimate of drug-likeness (QED) is 0.581. The Balaban J connectivity index is 1.60. The van der Waals surface area contributed by atoms with E-state index >= 15 is 0 Å². The van der Waals surface area contributed by atoms with Crippen molar-refractivity contribution in [2.45, 2.75) is 83.2 Å². The average Bonchev–Trinajstić information content (AvgIpc) is 3.55. The van der Waals surface area contributed by atoms with Gasteiger partial charge < -0.3 is 14.7 Å². The number of benzene rings is 1. The Bertz CT molecular complexity index is 653. The number of carboxylic acid groups (broad SMARTS) is 1. The maximum absolute atomic E-state index is 12.5. The Hall–Kier alpha value is -2.04. The monoisotopic (exact) mass is 387 g/mol. The first-order chi connectivity index (χ1) is 13.6. The van der Waals surface area contributed by atoms with E-state index in [1.165, 1.54) is 0 Å². The third-order valence-corrected chi connectivity index (χ3v) is 6.04. The largest absolute Gasteiger partial charge is 0.481 e. The number of hydrogen-bond donors (Lipinski definition) is 1. The summed E-state index contributed by atoms with van der Waals surface area (Å²) < 4.78 is 5.46. The molecule has 0 bridgehead atoms. The van der Waals surface area contributed by atoms with Gasteiger partial charge in [0.1, 0.15) is 0 Å². The number of carbonyl (C=O) groups excluding carboxylic acids is 1. The zero-order valence-corrected chi connectivity index (χ0v) is 16.9. The molecular formula is C23H33NO4. The van der Waals surface area contributed by atoms with Gasteiger partial charge in [0.05, 0.1) is 12.5 Å². The van der Waals surface area contributed by atoms with Crippen molar-refractivity contribution in [2.75, 3.05) is 6.61 Å². The molecule has 28 heavy (non-hydrogen) atoms. The lowest BCUT2D eigenvalue weighted by atomic mass is 9.75. The molecule has 0 unspecified atom stereocenters. The van der Waals surface area contributed by atoms with Crippen molar-refractivity contribution >= 4 is 12.1 Å². The van der Waals surface area contributed by atoms with Crippen LogP contribution in [-0.2, 0) is 16.1 Å². The van der Waals surface area contributed by atoms with Gasteiger partial charge in [-0.15, -0.1) is 0 Å². The standard InChI is InChI=1S/C23H33NO4/c1-2-3-6-15-28-23(27)24(19-13-14-19)16-17-9-11-18(12-10-17)20-7-4-5-8-21(20)22(25)26/h9-12,19-21H,2-8,13-16H2,1H3,(H,25,26)/t20-,21-/m0/s1. The SMILES string of the molecule is CCCCCOC(=O)N(Cc1ccc([C@@H]2CCCC[C@@H]2C(=O)O)cc1)C1CC1. The van der Waals surface area contributed by atoms with Crippen LogP contribution in [0.2, 0.25) is 0 Å².